The van der Waals surface area contributed by atoms with E-state index in [-0.39, 0.29) is 27.8 Å². The molecule has 0 bridgehead atoms. The maximum absolute atomic E-state index is 11.4. The van der Waals surface area contributed by atoms with Gasteiger partial charge in [-0.3, -0.25) is 20.2 Å². The molecule has 0 spiro atoms. The molecule has 0 unspecified atom stereocenters. The summed E-state index contributed by atoms with van der Waals surface area (Å²) in [5, 5.41) is 43.2. The summed E-state index contributed by atoms with van der Waals surface area (Å²) in [5.41, 5.74) is 5.11. The van der Waals surface area contributed by atoms with Crippen LogP contribution >= 0.6 is 0 Å². The van der Waals surface area contributed by atoms with Gasteiger partial charge in [-0.1, -0.05) is 17.7 Å². The van der Waals surface area contributed by atoms with Crippen molar-refractivity contribution in [1.82, 2.24) is 9.13 Å². The molecule has 0 aliphatic carbocycles. The van der Waals surface area contributed by atoms with Crippen molar-refractivity contribution in [2.75, 3.05) is 7.11 Å². The van der Waals surface area contributed by atoms with E-state index >= 15 is 0 Å². The number of nitro groups is 2. The van der Waals surface area contributed by atoms with Crippen LogP contribution in [0.25, 0.3) is 33.2 Å². The number of ether oxygens (including phenoxy) is 1. The minimum Gasteiger partial charge on any atom is -0.508 e. The van der Waals surface area contributed by atoms with Gasteiger partial charge in [0.25, 0.3) is 11.4 Å². The molecule has 2 heterocycles. The molecule has 11 nitrogen and oxygen atoms in total. The standard InChI is InChI=1S/C16H14N2O4.C16H14N2O3/c1-10-16(18(20)21)14-8-5-12(19)9-15(14)17(10)11-3-6-13(22-2)7-4-11;1-10-3-5-12(6-4-10)17-11(2)16(18(20)21)14-8-7-13(19)9-15(14)17/h3-9,19H,1-2H3;3-9,19H,1-2H3. The Morgan fingerprint density at radius 3 is 1.40 bits per heavy atom. The molecule has 6 aromatic rings. The Morgan fingerprint density at radius 1 is 0.628 bits per heavy atom. The lowest BCUT2D eigenvalue weighted by Crippen LogP contribution is -1.98. The molecule has 2 aromatic heterocycles. The Morgan fingerprint density at radius 2 is 1.02 bits per heavy atom. The van der Waals surface area contributed by atoms with E-state index in [0.29, 0.717) is 38.9 Å². The first kappa shape index (κ1) is 28.7. The summed E-state index contributed by atoms with van der Waals surface area (Å²) < 4.78 is 8.68. The summed E-state index contributed by atoms with van der Waals surface area (Å²) in [6, 6.07) is 24.1. The van der Waals surface area contributed by atoms with Crippen molar-refractivity contribution in [1.29, 1.82) is 0 Å². The predicted octanol–water partition coefficient (Wildman–Crippen LogP) is 7.42. The van der Waals surface area contributed by atoms with E-state index in [2.05, 4.69) is 0 Å². The number of hydrogen-bond donors (Lipinski definition) is 2. The SMILES string of the molecule is COc1ccc(-n2c(C)c([N+](=O)[O-])c3ccc(O)cc32)cc1.Cc1ccc(-n2c(C)c([N+](=O)[O-])c3ccc(O)cc32)cc1. The number of methoxy groups -OCH3 is 1. The number of rotatable bonds is 5. The van der Waals surface area contributed by atoms with Crippen LogP contribution in [0.1, 0.15) is 17.0 Å². The Hall–Kier alpha value is -5.84. The smallest absolute Gasteiger partial charge is 0.298 e. The monoisotopic (exact) mass is 580 g/mol. The number of fused-ring (bicyclic) bond motifs is 2. The van der Waals surface area contributed by atoms with Crippen LogP contribution in [0.4, 0.5) is 11.4 Å². The Balaban J connectivity index is 0.000000171. The number of aryl methyl sites for hydroxylation is 1. The molecule has 0 aliphatic heterocycles. The van der Waals surface area contributed by atoms with Crippen LogP contribution in [0.3, 0.4) is 0 Å². The highest BCUT2D eigenvalue weighted by Gasteiger charge is 2.25. The lowest BCUT2D eigenvalue weighted by Gasteiger charge is -2.08. The fraction of sp³-hybridized carbons (Fsp3) is 0.125. The van der Waals surface area contributed by atoms with Crippen LogP contribution in [0.2, 0.25) is 0 Å². The third-order valence-electron chi connectivity index (χ3n) is 7.30. The molecule has 0 aliphatic rings. The number of hydrogen-bond acceptors (Lipinski definition) is 7. The molecule has 11 heteroatoms. The third kappa shape index (κ3) is 5.19. The Kier molecular flexibility index (Phi) is 7.47. The zero-order valence-electron chi connectivity index (χ0n) is 23.8. The minimum atomic E-state index is -0.394. The van der Waals surface area contributed by atoms with E-state index in [4.69, 9.17) is 4.74 Å². The van der Waals surface area contributed by atoms with Crippen LogP contribution < -0.4 is 4.74 Å². The predicted molar refractivity (Wildman–Crippen MR) is 164 cm³/mol. The van der Waals surface area contributed by atoms with Gasteiger partial charge in [0.2, 0.25) is 0 Å². The normalized spacial score (nSPS) is 10.9. The van der Waals surface area contributed by atoms with Crippen molar-refractivity contribution >= 4 is 33.2 Å². The van der Waals surface area contributed by atoms with Crippen LogP contribution in [-0.2, 0) is 0 Å². The van der Waals surface area contributed by atoms with Gasteiger partial charge in [-0.2, -0.15) is 0 Å². The van der Waals surface area contributed by atoms with Gasteiger partial charge >= 0.3 is 0 Å². The number of phenolic OH excluding ortho intramolecular Hbond substituents is 2. The summed E-state index contributed by atoms with van der Waals surface area (Å²) in [6.45, 7) is 5.40. The largest absolute Gasteiger partial charge is 0.508 e. The molecule has 0 saturated heterocycles. The lowest BCUT2D eigenvalue weighted by atomic mass is 10.2. The van der Waals surface area contributed by atoms with Gasteiger partial charge in [0.05, 0.1) is 50.2 Å². The third-order valence-corrected chi connectivity index (χ3v) is 7.30. The molecule has 2 N–H and O–H groups in total. The first-order valence-corrected chi connectivity index (χ1v) is 13.2. The highest BCUT2D eigenvalue weighted by Crippen LogP contribution is 2.38. The van der Waals surface area contributed by atoms with E-state index in [1.807, 2.05) is 43.3 Å². The van der Waals surface area contributed by atoms with Gasteiger partial charge in [0.1, 0.15) is 17.2 Å². The summed E-state index contributed by atoms with van der Waals surface area (Å²) in [6.07, 6.45) is 0. The molecule has 218 valence electrons. The molecular weight excluding hydrogens is 552 g/mol. The number of aromatic nitrogens is 2. The van der Waals surface area contributed by atoms with E-state index in [9.17, 15) is 30.4 Å². The molecule has 43 heavy (non-hydrogen) atoms. The summed E-state index contributed by atoms with van der Waals surface area (Å²) in [7, 11) is 1.58. The van der Waals surface area contributed by atoms with E-state index < -0.39 is 4.92 Å². The highest BCUT2D eigenvalue weighted by atomic mass is 16.6. The minimum absolute atomic E-state index is 0.0471. The van der Waals surface area contributed by atoms with Gasteiger partial charge in [-0.15, -0.1) is 0 Å². The average Bonchev–Trinajstić information content (AvgIpc) is 3.43. The van der Waals surface area contributed by atoms with Crippen LogP contribution in [0, 0.1) is 41.0 Å². The number of benzene rings is 4. The Bertz CT molecular complexity index is 2010. The first-order chi connectivity index (χ1) is 20.5. The topological polar surface area (TPSA) is 146 Å². The van der Waals surface area contributed by atoms with Crippen molar-refractivity contribution in [2.24, 2.45) is 0 Å². The fourth-order valence-electron chi connectivity index (χ4n) is 5.33. The molecule has 0 atom stereocenters. The van der Waals surface area contributed by atoms with Gasteiger partial charge < -0.3 is 24.1 Å². The summed E-state index contributed by atoms with van der Waals surface area (Å²) in [5.74, 6) is 0.855. The van der Waals surface area contributed by atoms with Crippen LogP contribution in [-0.4, -0.2) is 36.3 Å². The second kappa shape index (κ2) is 11.2. The van der Waals surface area contributed by atoms with Gasteiger partial charge in [-0.25, -0.2) is 0 Å². The van der Waals surface area contributed by atoms with Crippen molar-refractivity contribution in [3.63, 3.8) is 0 Å². The fourth-order valence-corrected chi connectivity index (χ4v) is 5.33. The van der Waals surface area contributed by atoms with Crippen molar-refractivity contribution in [2.45, 2.75) is 20.8 Å². The van der Waals surface area contributed by atoms with Gasteiger partial charge in [0.15, 0.2) is 0 Å². The van der Waals surface area contributed by atoms with Gasteiger partial charge in [-0.05, 0) is 81.4 Å². The summed E-state index contributed by atoms with van der Waals surface area (Å²) >= 11 is 0. The zero-order valence-corrected chi connectivity index (χ0v) is 23.8. The summed E-state index contributed by atoms with van der Waals surface area (Å²) in [4.78, 5) is 22.0. The second-order valence-corrected chi connectivity index (χ2v) is 9.99. The molecular formula is C32H28N4O7. The Labute approximate surface area is 245 Å². The van der Waals surface area contributed by atoms with Crippen molar-refractivity contribution in [3.05, 3.63) is 122 Å². The quantitative estimate of drug-likeness (QED) is 0.159. The zero-order chi connectivity index (χ0) is 31.0. The van der Waals surface area contributed by atoms with Crippen molar-refractivity contribution < 1.29 is 24.8 Å². The van der Waals surface area contributed by atoms with E-state index in [1.165, 1.54) is 18.2 Å². The molecule has 6 rings (SSSR count). The molecule has 0 radical (unpaired) electrons. The van der Waals surface area contributed by atoms with E-state index in [0.717, 1.165) is 16.9 Å². The van der Waals surface area contributed by atoms with Crippen molar-refractivity contribution in [3.8, 4) is 28.6 Å². The number of phenols is 2. The second-order valence-electron chi connectivity index (χ2n) is 9.99. The molecule has 0 saturated carbocycles. The molecule has 0 fully saturated rings. The molecule has 0 amide bonds. The van der Waals surface area contributed by atoms with Crippen LogP contribution in [0.15, 0.2) is 84.9 Å². The maximum Gasteiger partial charge on any atom is 0.298 e. The van der Waals surface area contributed by atoms with E-state index in [1.54, 1.807) is 60.4 Å². The number of nitrogens with zero attached hydrogens (tertiary/aromatic N) is 4. The lowest BCUT2D eigenvalue weighted by molar-refractivity contribution is -0.383. The van der Waals surface area contributed by atoms with Gasteiger partial charge in [0, 0.05) is 23.5 Å². The van der Waals surface area contributed by atoms with Crippen LogP contribution in [0.5, 0.6) is 17.2 Å². The first-order valence-electron chi connectivity index (χ1n) is 13.2. The molecule has 4 aromatic carbocycles. The number of aromatic hydroxyl groups is 2. The average molecular weight is 581 g/mol. The highest BCUT2D eigenvalue weighted by molar-refractivity contribution is 5.94. The maximum atomic E-state index is 11.4.